The van der Waals surface area contributed by atoms with Gasteiger partial charge in [0.1, 0.15) is 0 Å². The van der Waals surface area contributed by atoms with Crippen LogP contribution < -0.4 is 10.6 Å². The number of carboxylic acid groups (broad SMARTS) is 1. The highest BCUT2D eigenvalue weighted by atomic mass is 32.2. The van der Waals surface area contributed by atoms with Gasteiger partial charge in [-0.2, -0.15) is 0 Å². The second-order valence-corrected chi connectivity index (χ2v) is 5.89. The van der Waals surface area contributed by atoms with Gasteiger partial charge in [-0.05, 0) is 48.5 Å². The highest BCUT2D eigenvalue weighted by Crippen LogP contribution is 2.28. The first-order chi connectivity index (χ1) is 10.7. The lowest BCUT2D eigenvalue weighted by Crippen LogP contribution is -2.26. The third-order valence-corrected chi connectivity index (χ3v) is 4.14. The summed E-state index contributed by atoms with van der Waals surface area (Å²) in [5.41, 5.74) is 1.28. The largest absolute Gasteiger partial charge is 0.478 e. The molecule has 0 bridgehead atoms. The van der Waals surface area contributed by atoms with E-state index in [1.807, 2.05) is 36.4 Å². The van der Waals surface area contributed by atoms with Gasteiger partial charge < -0.3 is 15.7 Å². The molecule has 6 heteroatoms. The van der Waals surface area contributed by atoms with Crippen molar-refractivity contribution in [3.05, 3.63) is 54.1 Å². The molecule has 1 aliphatic rings. The summed E-state index contributed by atoms with van der Waals surface area (Å²) < 4.78 is 0. The molecule has 3 N–H and O–H groups in total. The van der Waals surface area contributed by atoms with Crippen LogP contribution in [0, 0.1) is 0 Å². The van der Waals surface area contributed by atoms with Gasteiger partial charge in [0.2, 0.25) is 0 Å². The number of nitrogens with zero attached hydrogens (tertiary/aromatic N) is 1. The van der Waals surface area contributed by atoms with Crippen LogP contribution in [0.15, 0.2) is 63.3 Å². The molecule has 0 fully saturated rings. The van der Waals surface area contributed by atoms with Gasteiger partial charge in [-0.25, -0.2) is 4.79 Å². The number of nitrogens with one attached hydrogen (secondary N) is 2. The first-order valence-corrected chi connectivity index (χ1v) is 7.69. The Labute approximate surface area is 132 Å². The summed E-state index contributed by atoms with van der Waals surface area (Å²) in [7, 11) is 0. The van der Waals surface area contributed by atoms with Crippen molar-refractivity contribution in [1.29, 1.82) is 0 Å². The summed E-state index contributed by atoms with van der Waals surface area (Å²) in [6, 6.07) is 14.9. The van der Waals surface area contributed by atoms with Crippen molar-refractivity contribution in [3.63, 3.8) is 0 Å². The second-order valence-electron chi connectivity index (χ2n) is 4.74. The lowest BCUT2D eigenvalue weighted by molar-refractivity contribution is 0.0697. The molecule has 0 spiro atoms. The standard InChI is InChI=1S/C16H15N3O2S/c20-15(21)11-1-5-13(6-2-11)22-14-7-3-12(4-8-14)19-16-17-9-10-18-16/h1-8H,9-10H2,(H,20,21)(H2,17,18,19). The number of carboxylic acids is 1. The van der Waals surface area contributed by atoms with Crippen LogP contribution in [0.3, 0.4) is 0 Å². The van der Waals surface area contributed by atoms with Crippen molar-refractivity contribution in [3.8, 4) is 0 Å². The van der Waals surface area contributed by atoms with Gasteiger partial charge in [0, 0.05) is 22.0 Å². The highest BCUT2D eigenvalue weighted by Gasteiger charge is 2.05. The van der Waals surface area contributed by atoms with Crippen molar-refractivity contribution in [2.75, 3.05) is 18.4 Å². The van der Waals surface area contributed by atoms with Crippen LogP contribution in [0.25, 0.3) is 0 Å². The molecule has 3 rings (SSSR count). The number of rotatable bonds is 4. The quantitative estimate of drug-likeness (QED) is 0.809. The summed E-state index contributed by atoms with van der Waals surface area (Å²) >= 11 is 1.59. The number of hydrogen-bond acceptors (Lipinski definition) is 5. The normalized spacial score (nSPS) is 13.4. The van der Waals surface area contributed by atoms with Crippen LogP contribution in [-0.4, -0.2) is 30.1 Å². The first kappa shape index (κ1) is 14.5. The van der Waals surface area contributed by atoms with Crippen LogP contribution in [0.2, 0.25) is 0 Å². The number of aliphatic imine (C=N–C) groups is 1. The Morgan fingerprint density at radius 2 is 1.73 bits per heavy atom. The number of hydrogen-bond donors (Lipinski definition) is 3. The fourth-order valence-corrected chi connectivity index (χ4v) is 2.84. The van der Waals surface area contributed by atoms with Crippen molar-refractivity contribution < 1.29 is 9.90 Å². The maximum atomic E-state index is 10.8. The Balaban J connectivity index is 1.64. The van der Waals surface area contributed by atoms with Crippen LogP contribution in [0.4, 0.5) is 5.69 Å². The van der Waals surface area contributed by atoms with E-state index < -0.39 is 5.97 Å². The molecular formula is C16H15N3O2S. The molecule has 22 heavy (non-hydrogen) atoms. The Morgan fingerprint density at radius 1 is 1.09 bits per heavy atom. The monoisotopic (exact) mass is 313 g/mol. The molecular weight excluding hydrogens is 298 g/mol. The van der Waals surface area contributed by atoms with E-state index in [0.717, 1.165) is 34.5 Å². The lowest BCUT2D eigenvalue weighted by atomic mass is 10.2. The fraction of sp³-hybridized carbons (Fsp3) is 0.125. The predicted octanol–water partition coefficient (Wildman–Crippen LogP) is 2.91. The Kier molecular flexibility index (Phi) is 4.29. The van der Waals surface area contributed by atoms with Crippen LogP contribution in [-0.2, 0) is 0 Å². The average molecular weight is 313 g/mol. The van der Waals surface area contributed by atoms with Gasteiger partial charge in [0.05, 0.1) is 12.1 Å². The molecule has 1 aliphatic heterocycles. The molecule has 0 atom stereocenters. The van der Waals surface area contributed by atoms with Crippen molar-refractivity contribution >= 4 is 29.4 Å². The summed E-state index contributed by atoms with van der Waals surface area (Å²) in [6.07, 6.45) is 0. The molecule has 2 aromatic rings. The van der Waals surface area contributed by atoms with Crippen LogP contribution in [0.1, 0.15) is 10.4 Å². The van der Waals surface area contributed by atoms with Gasteiger partial charge in [0.25, 0.3) is 0 Å². The molecule has 0 unspecified atom stereocenters. The molecule has 0 saturated heterocycles. The minimum Gasteiger partial charge on any atom is -0.478 e. The maximum absolute atomic E-state index is 10.8. The molecule has 2 aromatic carbocycles. The van der Waals surface area contributed by atoms with E-state index in [1.165, 1.54) is 0 Å². The summed E-state index contributed by atoms with van der Waals surface area (Å²) in [6.45, 7) is 1.69. The van der Waals surface area contributed by atoms with E-state index in [4.69, 9.17) is 5.11 Å². The number of aromatic carboxylic acids is 1. The Bertz CT molecular complexity index is 696. The smallest absolute Gasteiger partial charge is 0.335 e. The molecule has 1 heterocycles. The van der Waals surface area contributed by atoms with Gasteiger partial charge in [0.15, 0.2) is 5.96 Å². The molecule has 0 saturated carbocycles. The zero-order valence-corrected chi connectivity index (χ0v) is 12.6. The van der Waals surface area contributed by atoms with E-state index in [9.17, 15) is 4.79 Å². The minimum atomic E-state index is -0.907. The van der Waals surface area contributed by atoms with E-state index in [0.29, 0.717) is 5.56 Å². The number of carbonyl (C=O) groups is 1. The predicted molar refractivity (Wildman–Crippen MR) is 87.9 cm³/mol. The second kappa shape index (κ2) is 6.53. The number of guanidine groups is 1. The van der Waals surface area contributed by atoms with Gasteiger partial charge in [-0.3, -0.25) is 4.99 Å². The van der Waals surface area contributed by atoms with Crippen molar-refractivity contribution in [2.24, 2.45) is 4.99 Å². The molecule has 0 aliphatic carbocycles. The molecule has 112 valence electrons. The van der Waals surface area contributed by atoms with E-state index in [1.54, 1.807) is 23.9 Å². The number of benzene rings is 2. The zero-order chi connectivity index (χ0) is 15.4. The summed E-state index contributed by atoms with van der Waals surface area (Å²) in [5.74, 6) is -0.0972. The maximum Gasteiger partial charge on any atom is 0.335 e. The topological polar surface area (TPSA) is 73.7 Å². The number of anilines is 1. The molecule has 0 aromatic heterocycles. The third-order valence-electron chi connectivity index (χ3n) is 3.13. The first-order valence-electron chi connectivity index (χ1n) is 6.87. The van der Waals surface area contributed by atoms with Gasteiger partial charge in [-0.1, -0.05) is 11.8 Å². The van der Waals surface area contributed by atoms with Crippen molar-refractivity contribution in [2.45, 2.75) is 9.79 Å². The summed E-state index contributed by atoms with van der Waals surface area (Å²) in [4.78, 5) is 17.2. The van der Waals surface area contributed by atoms with Crippen molar-refractivity contribution in [1.82, 2.24) is 5.32 Å². The van der Waals surface area contributed by atoms with Gasteiger partial charge >= 0.3 is 5.97 Å². The van der Waals surface area contributed by atoms with Crippen LogP contribution in [0.5, 0.6) is 0 Å². The third kappa shape index (κ3) is 3.59. The SMILES string of the molecule is O=C(O)c1ccc(Sc2ccc(NC3=NCCN3)cc2)cc1. The molecule has 5 nitrogen and oxygen atoms in total. The van der Waals surface area contributed by atoms with E-state index in [2.05, 4.69) is 15.6 Å². The van der Waals surface area contributed by atoms with Gasteiger partial charge in [-0.15, -0.1) is 0 Å². The molecule has 0 amide bonds. The molecule has 0 radical (unpaired) electrons. The van der Waals surface area contributed by atoms with E-state index in [-0.39, 0.29) is 0 Å². The average Bonchev–Trinajstić information content (AvgIpc) is 3.03. The minimum absolute atomic E-state index is 0.300. The Morgan fingerprint density at radius 3 is 2.27 bits per heavy atom. The lowest BCUT2D eigenvalue weighted by Gasteiger charge is -2.07. The Hall–Kier alpha value is -2.47. The van der Waals surface area contributed by atoms with Crippen LogP contribution >= 0.6 is 11.8 Å². The fourth-order valence-electron chi connectivity index (χ4n) is 2.03. The summed E-state index contributed by atoms with van der Waals surface area (Å²) in [5, 5.41) is 15.3. The van der Waals surface area contributed by atoms with E-state index >= 15 is 0 Å². The highest BCUT2D eigenvalue weighted by molar-refractivity contribution is 7.99. The zero-order valence-electron chi connectivity index (χ0n) is 11.7.